The fourth-order valence-electron chi connectivity index (χ4n) is 10.6. The summed E-state index contributed by atoms with van der Waals surface area (Å²) in [7, 11) is 0. The Labute approximate surface area is 325 Å². The van der Waals surface area contributed by atoms with Gasteiger partial charge in [0.25, 0.3) is 0 Å². The maximum atomic E-state index is 17.3. The summed E-state index contributed by atoms with van der Waals surface area (Å²) in [6, 6.07) is 6.46. The predicted octanol–water partition coefficient (Wildman–Crippen LogP) is 6.95. The van der Waals surface area contributed by atoms with Gasteiger partial charge in [0.1, 0.15) is 47.0 Å². The molecule has 10 rings (SSSR count). The van der Waals surface area contributed by atoms with Crippen molar-refractivity contribution < 1.29 is 22.7 Å². The molecule has 6 aliphatic rings. The van der Waals surface area contributed by atoms with Crippen LogP contribution in [0.25, 0.3) is 32.1 Å². The molecule has 15 heteroatoms. The lowest BCUT2D eigenvalue weighted by molar-refractivity contribution is -0.142. The summed E-state index contributed by atoms with van der Waals surface area (Å²) in [6.45, 7) is 4.49. The second-order valence-corrected chi connectivity index (χ2v) is 18.2. The van der Waals surface area contributed by atoms with Gasteiger partial charge in [0.2, 0.25) is 5.91 Å². The number of nitriles is 1. The first kappa shape index (κ1) is 35.5. The number of ether oxygens (including phenoxy) is 1. The lowest BCUT2D eigenvalue weighted by atomic mass is 9.82. The fraction of sp³-hybridized carbons (Fsp3) is 0.550. The lowest BCUT2D eigenvalue weighted by Gasteiger charge is -2.49. The summed E-state index contributed by atoms with van der Waals surface area (Å²) in [6.07, 6.45) is 6.94. The van der Waals surface area contributed by atoms with E-state index in [4.69, 9.17) is 27.1 Å². The largest absolute Gasteiger partial charge is 0.461 e. The number of likely N-dealkylation sites (tertiary alicyclic amines) is 1. The average molecular weight is 791 g/mol. The molecule has 2 aromatic heterocycles. The standard InChI is InChI=1S/C40H42ClF3N8O2S/c1-20-4-2-9-39(52(20)37(53)33-31(47-33)21-5-6-21)11-13-50(18-39)36-24-14-26(41)29(23-7-8-27(43)34-28(23)25(16-45)35(46)55-34)30(44)32(24)48-38(49-36)54-19-40-10-3-12-51(40)17-22(42)15-40/h7-8,14,20-22,31,33,47H,2-6,9-13,15,17-19,46H2,1H3/t20-,22-,31+,33-,39-,40+/m1/s1. The highest BCUT2D eigenvalue weighted by Gasteiger charge is 2.57. The van der Waals surface area contributed by atoms with E-state index in [0.717, 1.165) is 56.4 Å². The highest BCUT2D eigenvalue weighted by atomic mass is 35.5. The molecule has 2 aromatic carbocycles. The number of piperidine rings is 1. The highest BCUT2D eigenvalue weighted by Crippen LogP contribution is 2.49. The van der Waals surface area contributed by atoms with Crippen molar-refractivity contribution >= 4 is 60.7 Å². The van der Waals surface area contributed by atoms with Crippen molar-refractivity contribution in [2.75, 3.05) is 43.4 Å². The van der Waals surface area contributed by atoms with E-state index in [9.17, 15) is 14.4 Å². The molecule has 1 saturated carbocycles. The average Bonchev–Trinajstić information content (AvgIpc) is 4.01. The first-order chi connectivity index (χ1) is 26.5. The van der Waals surface area contributed by atoms with Crippen molar-refractivity contribution in [1.82, 2.24) is 25.1 Å². The molecule has 5 aliphatic heterocycles. The van der Waals surface area contributed by atoms with Crippen molar-refractivity contribution in [3.63, 3.8) is 0 Å². The second-order valence-electron chi connectivity index (χ2n) is 16.7. The number of nitrogens with zero attached hydrogens (tertiary/aromatic N) is 6. The Bertz CT molecular complexity index is 2320. The smallest absolute Gasteiger partial charge is 0.319 e. The molecular weight excluding hydrogens is 749 g/mol. The minimum atomic E-state index is -0.953. The van der Waals surface area contributed by atoms with Gasteiger partial charge in [0.05, 0.1) is 26.4 Å². The number of hydrogen-bond acceptors (Lipinski definition) is 10. The van der Waals surface area contributed by atoms with E-state index in [0.29, 0.717) is 43.2 Å². The quantitative estimate of drug-likeness (QED) is 0.191. The number of nitrogen functional groups attached to an aromatic ring is 1. The zero-order valence-electron chi connectivity index (χ0n) is 30.5. The molecule has 55 heavy (non-hydrogen) atoms. The summed E-state index contributed by atoms with van der Waals surface area (Å²) in [5.74, 6) is -0.157. The summed E-state index contributed by atoms with van der Waals surface area (Å²) in [4.78, 5) is 30.2. The van der Waals surface area contributed by atoms with Gasteiger partial charge in [-0.05, 0) is 88.4 Å². The van der Waals surface area contributed by atoms with Crippen molar-refractivity contribution in [2.45, 2.75) is 100 Å². The van der Waals surface area contributed by atoms with Crippen LogP contribution in [0.1, 0.15) is 70.3 Å². The van der Waals surface area contributed by atoms with E-state index in [2.05, 4.69) is 38.0 Å². The minimum absolute atomic E-state index is 0.0356. The van der Waals surface area contributed by atoms with Crippen molar-refractivity contribution in [3.8, 4) is 23.2 Å². The maximum absolute atomic E-state index is 17.3. The number of nitrogens with one attached hydrogen (secondary N) is 1. The monoisotopic (exact) mass is 790 g/mol. The van der Waals surface area contributed by atoms with Crippen LogP contribution in [-0.2, 0) is 4.79 Å². The number of alkyl halides is 1. The van der Waals surface area contributed by atoms with Gasteiger partial charge in [-0.2, -0.15) is 15.2 Å². The Balaban J connectivity index is 1.08. The van der Waals surface area contributed by atoms with Gasteiger partial charge in [0.15, 0.2) is 5.82 Å². The molecule has 1 spiro atoms. The third-order valence-electron chi connectivity index (χ3n) is 13.4. The molecule has 1 amide bonds. The molecule has 3 N–H and O–H groups in total. The SMILES string of the molecule is C[C@@H]1CCC[C@]2(CCN(c3nc(OC[C@@]45CCCN4C[C@H](F)C5)nc4c(F)c(-c5ccc(F)c6sc(N)c(C#N)c56)c(Cl)cc34)C2)N1C(=O)[C@@H]1N[C@H]1C1CC1. The number of aromatic nitrogens is 2. The molecule has 1 aliphatic carbocycles. The van der Waals surface area contributed by atoms with Crippen LogP contribution in [0.3, 0.4) is 0 Å². The van der Waals surface area contributed by atoms with Crippen LogP contribution in [0, 0.1) is 28.9 Å². The molecule has 0 radical (unpaired) electrons. The van der Waals surface area contributed by atoms with Crippen molar-refractivity contribution in [2.24, 2.45) is 5.92 Å². The van der Waals surface area contributed by atoms with Crippen LogP contribution in [0.4, 0.5) is 24.0 Å². The Morgan fingerprint density at radius 2 is 2.02 bits per heavy atom. The number of carbonyl (C=O) groups excluding carboxylic acids is 1. The lowest BCUT2D eigenvalue weighted by Crippen LogP contribution is -2.61. The number of rotatable bonds is 7. The maximum Gasteiger partial charge on any atom is 0.319 e. The number of nitrogens with two attached hydrogens (primary N) is 1. The summed E-state index contributed by atoms with van der Waals surface area (Å²) < 4.78 is 53.6. The number of amides is 1. The normalized spacial score (nSPS) is 30.5. The summed E-state index contributed by atoms with van der Waals surface area (Å²) in [5.41, 5.74) is 5.40. The zero-order chi connectivity index (χ0) is 38.0. The molecule has 7 heterocycles. The van der Waals surface area contributed by atoms with Crippen LogP contribution in [0.2, 0.25) is 5.02 Å². The van der Waals surface area contributed by atoms with Crippen LogP contribution < -0.4 is 20.7 Å². The second kappa shape index (κ2) is 12.8. The highest BCUT2D eigenvalue weighted by molar-refractivity contribution is 7.23. The number of hydrogen-bond donors (Lipinski definition) is 2. The van der Waals surface area contributed by atoms with Gasteiger partial charge in [-0.3, -0.25) is 15.0 Å². The van der Waals surface area contributed by atoms with Gasteiger partial charge in [-0.15, -0.1) is 11.3 Å². The molecule has 288 valence electrons. The number of carbonyl (C=O) groups is 1. The third kappa shape index (κ3) is 5.58. The van der Waals surface area contributed by atoms with Crippen LogP contribution in [0.15, 0.2) is 18.2 Å². The Morgan fingerprint density at radius 3 is 2.82 bits per heavy atom. The number of anilines is 2. The topological polar surface area (TPSA) is 134 Å². The van der Waals surface area contributed by atoms with E-state index >= 15 is 8.78 Å². The summed E-state index contributed by atoms with van der Waals surface area (Å²) >= 11 is 7.91. The van der Waals surface area contributed by atoms with Crippen molar-refractivity contribution in [3.05, 3.63) is 40.4 Å². The van der Waals surface area contributed by atoms with Gasteiger partial charge < -0.3 is 20.3 Å². The molecule has 6 fully saturated rings. The van der Waals surface area contributed by atoms with Crippen LogP contribution in [0.5, 0.6) is 6.01 Å². The van der Waals surface area contributed by atoms with Gasteiger partial charge in [0, 0.05) is 54.5 Å². The molecule has 0 unspecified atom stereocenters. The van der Waals surface area contributed by atoms with Crippen LogP contribution in [-0.4, -0.2) is 93.8 Å². The Hall–Kier alpha value is -3.90. The Morgan fingerprint density at radius 1 is 1.18 bits per heavy atom. The molecule has 6 atom stereocenters. The van der Waals surface area contributed by atoms with E-state index in [1.54, 1.807) is 6.07 Å². The molecular formula is C40H42ClF3N8O2S. The summed E-state index contributed by atoms with van der Waals surface area (Å²) in [5, 5.41) is 14.2. The molecule has 5 saturated heterocycles. The third-order valence-corrected chi connectivity index (χ3v) is 14.7. The molecule has 4 aromatic rings. The van der Waals surface area contributed by atoms with Gasteiger partial charge in [-0.1, -0.05) is 17.7 Å². The van der Waals surface area contributed by atoms with Gasteiger partial charge >= 0.3 is 6.01 Å². The fourth-order valence-corrected chi connectivity index (χ4v) is 11.8. The van der Waals surface area contributed by atoms with E-state index < -0.39 is 28.9 Å². The zero-order valence-corrected chi connectivity index (χ0v) is 32.1. The first-order valence-electron chi connectivity index (χ1n) is 19.5. The molecule has 0 bridgehead atoms. The minimum Gasteiger partial charge on any atom is -0.461 e. The van der Waals surface area contributed by atoms with E-state index in [1.165, 1.54) is 25.0 Å². The van der Waals surface area contributed by atoms with E-state index in [-0.39, 0.29) is 79.0 Å². The number of thiophene rings is 1. The Kier molecular flexibility index (Phi) is 8.27. The first-order valence-corrected chi connectivity index (χ1v) is 20.7. The van der Waals surface area contributed by atoms with Gasteiger partial charge in [-0.25, -0.2) is 13.2 Å². The van der Waals surface area contributed by atoms with E-state index in [1.807, 2.05) is 0 Å². The van der Waals surface area contributed by atoms with Crippen molar-refractivity contribution in [1.29, 1.82) is 5.26 Å². The predicted molar refractivity (Wildman–Crippen MR) is 206 cm³/mol. The number of benzene rings is 2. The van der Waals surface area contributed by atoms with Crippen LogP contribution >= 0.6 is 22.9 Å². The number of fused-ring (bicyclic) bond motifs is 3. The number of halogens is 4. The molecule has 10 nitrogen and oxygen atoms in total.